The second kappa shape index (κ2) is 11.6. The average molecular weight is 525 g/mol. The van der Waals surface area contributed by atoms with Gasteiger partial charge in [-0.05, 0) is 64.1 Å². The Labute approximate surface area is 222 Å². The summed E-state index contributed by atoms with van der Waals surface area (Å²) < 4.78 is 13.3. The molecule has 0 bridgehead atoms. The van der Waals surface area contributed by atoms with Crippen LogP contribution in [0.1, 0.15) is 54.7 Å². The van der Waals surface area contributed by atoms with Gasteiger partial charge >= 0.3 is 0 Å². The molecule has 4 rings (SSSR count). The molecule has 0 saturated carbocycles. The van der Waals surface area contributed by atoms with Gasteiger partial charge in [0.15, 0.2) is 0 Å². The van der Waals surface area contributed by atoms with Crippen molar-refractivity contribution >= 4 is 17.7 Å². The molecule has 0 radical (unpaired) electrons. The predicted molar refractivity (Wildman–Crippen MR) is 145 cm³/mol. The Bertz CT molecular complexity index is 1280. The van der Waals surface area contributed by atoms with Crippen molar-refractivity contribution in [2.24, 2.45) is 0 Å². The molecule has 198 valence electrons. The van der Waals surface area contributed by atoms with Crippen molar-refractivity contribution in [3.63, 3.8) is 0 Å². The van der Waals surface area contributed by atoms with Crippen LogP contribution >= 0.6 is 11.8 Å². The van der Waals surface area contributed by atoms with E-state index in [1.807, 2.05) is 73.9 Å². The lowest BCUT2D eigenvalue weighted by Gasteiger charge is -2.26. The first kappa shape index (κ1) is 27.0. The van der Waals surface area contributed by atoms with Gasteiger partial charge in [0.1, 0.15) is 24.3 Å². The third kappa shape index (κ3) is 6.84. The van der Waals surface area contributed by atoms with E-state index in [1.54, 1.807) is 11.8 Å². The zero-order valence-corrected chi connectivity index (χ0v) is 23.1. The van der Waals surface area contributed by atoms with Crippen molar-refractivity contribution in [2.45, 2.75) is 57.7 Å². The molecule has 1 aliphatic rings. The van der Waals surface area contributed by atoms with Crippen LogP contribution in [0.5, 0.6) is 5.75 Å². The van der Waals surface area contributed by atoms with Gasteiger partial charge in [-0.3, -0.25) is 19.2 Å². The number of rotatable bonds is 7. The minimum atomic E-state index is -0.274. The highest BCUT2D eigenvalue weighted by Crippen LogP contribution is 2.20. The van der Waals surface area contributed by atoms with Gasteiger partial charge in [-0.1, -0.05) is 12.1 Å². The first-order valence-corrected chi connectivity index (χ1v) is 13.8. The number of nitrogens with zero attached hydrogens (tertiary/aromatic N) is 4. The summed E-state index contributed by atoms with van der Waals surface area (Å²) in [6, 6.07) is 11.4. The topological polar surface area (TPSA) is 80.8 Å². The molecule has 1 amide bonds. The highest BCUT2D eigenvalue weighted by molar-refractivity contribution is 7.98. The van der Waals surface area contributed by atoms with E-state index in [2.05, 4.69) is 10.00 Å². The largest absolute Gasteiger partial charge is 0.482 e. The summed E-state index contributed by atoms with van der Waals surface area (Å²) in [5, 5.41) is 4.55. The van der Waals surface area contributed by atoms with Crippen LogP contribution in [0.15, 0.2) is 56.8 Å². The number of carbonyl (C=O) groups excluding carboxylic acids is 1. The van der Waals surface area contributed by atoms with Crippen molar-refractivity contribution in [3.8, 4) is 5.75 Å². The molecule has 9 heteroatoms. The fraction of sp³-hybridized carbons (Fsp3) is 0.464. The second-order valence-corrected chi connectivity index (χ2v) is 11.3. The number of aryl methyl sites for hydroxylation is 1. The molecule has 1 fully saturated rings. The normalized spacial score (nSPS) is 15.0. The Morgan fingerprint density at radius 1 is 1.11 bits per heavy atom. The smallest absolute Gasteiger partial charge is 0.272 e. The minimum Gasteiger partial charge on any atom is -0.482 e. The Balaban J connectivity index is 1.34. The highest BCUT2D eigenvalue weighted by Gasteiger charge is 2.27. The molecule has 0 N–H and O–H groups in total. The molecule has 0 spiro atoms. The number of amides is 1. The summed E-state index contributed by atoms with van der Waals surface area (Å²) in [5.41, 5.74) is 1.99. The van der Waals surface area contributed by atoms with Crippen LogP contribution in [0.3, 0.4) is 0 Å². The van der Waals surface area contributed by atoms with E-state index < -0.39 is 0 Å². The monoisotopic (exact) mass is 524 g/mol. The van der Waals surface area contributed by atoms with Gasteiger partial charge in [-0.2, -0.15) is 5.10 Å². The van der Waals surface area contributed by atoms with Gasteiger partial charge in [0, 0.05) is 37.1 Å². The third-order valence-electron chi connectivity index (χ3n) is 6.35. The lowest BCUT2D eigenvalue weighted by atomic mass is 10.1. The zero-order valence-electron chi connectivity index (χ0n) is 22.3. The maximum Gasteiger partial charge on any atom is 0.272 e. The Morgan fingerprint density at radius 2 is 1.86 bits per heavy atom. The molecule has 1 saturated heterocycles. The van der Waals surface area contributed by atoms with Gasteiger partial charge in [-0.25, -0.2) is 0 Å². The number of carbonyl (C=O) groups is 1. The summed E-state index contributed by atoms with van der Waals surface area (Å²) in [5.74, 6) is 0.799. The standard InChI is InChI=1S/C28H36N4O4S/c1-20-15-24(32(29-20)28(2,3)4)27(34)31-12-6-11-30(13-14-31)17-22-16-25(33)26(19-35-22)36-18-21-7-9-23(37-5)10-8-21/h7-10,15-16,19H,6,11-14,17-18H2,1-5H3. The molecule has 1 aromatic carbocycles. The summed E-state index contributed by atoms with van der Waals surface area (Å²) >= 11 is 1.68. The molecule has 3 heterocycles. The van der Waals surface area contributed by atoms with Crippen LogP contribution in [-0.4, -0.2) is 57.9 Å². The van der Waals surface area contributed by atoms with Gasteiger partial charge in [0.25, 0.3) is 5.91 Å². The van der Waals surface area contributed by atoms with E-state index in [9.17, 15) is 9.59 Å². The zero-order chi connectivity index (χ0) is 26.6. The van der Waals surface area contributed by atoms with E-state index in [1.165, 1.54) is 17.2 Å². The van der Waals surface area contributed by atoms with Gasteiger partial charge in [0.05, 0.1) is 17.8 Å². The number of benzene rings is 1. The van der Waals surface area contributed by atoms with Crippen LogP contribution in [0.25, 0.3) is 0 Å². The maximum absolute atomic E-state index is 13.3. The molecule has 1 aliphatic heterocycles. The van der Waals surface area contributed by atoms with Crippen molar-refractivity contribution < 1.29 is 13.9 Å². The van der Waals surface area contributed by atoms with Crippen molar-refractivity contribution in [1.82, 2.24) is 19.6 Å². The molecule has 0 aliphatic carbocycles. The molecule has 2 aromatic heterocycles. The molecule has 37 heavy (non-hydrogen) atoms. The van der Waals surface area contributed by atoms with E-state index >= 15 is 0 Å². The van der Waals surface area contributed by atoms with Crippen LogP contribution in [-0.2, 0) is 18.7 Å². The Morgan fingerprint density at radius 3 is 2.54 bits per heavy atom. The van der Waals surface area contributed by atoms with E-state index in [-0.39, 0.29) is 22.6 Å². The summed E-state index contributed by atoms with van der Waals surface area (Å²) in [6.45, 7) is 11.7. The first-order valence-electron chi connectivity index (χ1n) is 12.6. The van der Waals surface area contributed by atoms with Crippen LogP contribution < -0.4 is 10.2 Å². The quantitative estimate of drug-likeness (QED) is 0.420. The van der Waals surface area contributed by atoms with E-state index in [0.29, 0.717) is 44.2 Å². The summed E-state index contributed by atoms with van der Waals surface area (Å²) in [7, 11) is 0. The number of hydrogen-bond donors (Lipinski definition) is 0. The summed E-state index contributed by atoms with van der Waals surface area (Å²) in [6.07, 6.45) is 4.27. The van der Waals surface area contributed by atoms with Gasteiger partial charge in [0.2, 0.25) is 11.2 Å². The molecular weight excluding hydrogens is 488 g/mol. The summed E-state index contributed by atoms with van der Waals surface area (Å²) in [4.78, 5) is 31.3. The van der Waals surface area contributed by atoms with Crippen LogP contribution in [0.4, 0.5) is 0 Å². The van der Waals surface area contributed by atoms with Gasteiger partial charge in [-0.15, -0.1) is 11.8 Å². The van der Waals surface area contributed by atoms with Crippen molar-refractivity contribution in [3.05, 3.63) is 75.6 Å². The number of ether oxygens (including phenoxy) is 1. The van der Waals surface area contributed by atoms with E-state index in [4.69, 9.17) is 9.15 Å². The molecule has 8 nitrogen and oxygen atoms in total. The minimum absolute atomic E-state index is 0.00787. The fourth-order valence-corrected chi connectivity index (χ4v) is 4.80. The molecule has 0 unspecified atom stereocenters. The lowest BCUT2D eigenvalue weighted by Crippen LogP contribution is -2.38. The second-order valence-electron chi connectivity index (χ2n) is 10.4. The van der Waals surface area contributed by atoms with Gasteiger partial charge < -0.3 is 14.1 Å². The number of thioether (sulfide) groups is 1. The van der Waals surface area contributed by atoms with E-state index in [0.717, 1.165) is 24.2 Å². The maximum atomic E-state index is 13.3. The van der Waals surface area contributed by atoms with Crippen molar-refractivity contribution in [2.75, 3.05) is 32.4 Å². The van der Waals surface area contributed by atoms with Crippen LogP contribution in [0.2, 0.25) is 0 Å². The number of aromatic nitrogens is 2. The molecule has 0 atom stereocenters. The average Bonchev–Trinajstić information content (AvgIpc) is 3.13. The Kier molecular flexibility index (Phi) is 8.44. The molecular formula is C28H36N4O4S. The lowest BCUT2D eigenvalue weighted by molar-refractivity contribution is 0.0740. The third-order valence-corrected chi connectivity index (χ3v) is 7.09. The molecule has 3 aromatic rings. The highest BCUT2D eigenvalue weighted by atomic mass is 32.2. The van der Waals surface area contributed by atoms with Crippen LogP contribution in [0, 0.1) is 6.92 Å². The van der Waals surface area contributed by atoms with Crippen molar-refractivity contribution in [1.29, 1.82) is 0 Å². The SMILES string of the molecule is CSc1ccc(COc2coc(CN3CCCN(C(=O)c4cc(C)nn4C(C)(C)C)CC3)cc2=O)cc1. The predicted octanol–water partition coefficient (Wildman–Crippen LogP) is 4.55. The number of hydrogen-bond acceptors (Lipinski definition) is 7. The first-order chi connectivity index (χ1) is 17.6. The fourth-order valence-electron chi connectivity index (χ4n) is 4.39. The Hall–Kier alpha value is -3.04.